The zero-order valence-electron chi connectivity index (χ0n) is 15.5. The molecule has 0 unspecified atom stereocenters. The number of carbonyl (C=O) groups excluding carboxylic acids is 2. The van der Waals surface area contributed by atoms with Crippen molar-refractivity contribution in [2.45, 2.75) is 6.54 Å². The van der Waals surface area contributed by atoms with Crippen molar-refractivity contribution in [2.24, 2.45) is 0 Å². The van der Waals surface area contributed by atoms with Crippen molar-refractivity contribution < 1.29 is 14.3 Å². The summed E-state index contributed by atoms with van der Waals surface area (Å²) in [5.74, 6) is 0.269. The number of hydrogen-bond donors (Lipinski definition) is 2. The summed E-state index contributed by atoms with van der Waals surface area (Å²) < 4.78 is 6.67. The highest BCUT2D eigenvalue weighted by molar-refractivity contribution is 6.42. The van der Waals surface area contributed by atoms with Gasteiger partial charge >= 0.3 is 0 Å². The van der Waals surface area contributed by atoms with Crippen LogP contribution in [0.1, 0.15) is 15.9 Å². The third kappa shape index (κ3) is 5.28. The van der Waals surface area contributed by atoms with E-state index in [0.717, 1.165) is 5.56 Å². The molecule has 0 bridgehead atoms. The van der Waals surface area contributed by atoms with Gasteiger partial charge in [-0.2, -0.15) is 5.10 Å². The number of anilines is 1. The lowest BCUT2D eigenvalue weighted by molar-refractivity contribution is -0.115. The molecular formula is C20H18Cl2N4O3. The fourth-order valence-corrected chi connectivity index (χ4v) is 2.99. The molecule has 1 heterocycles. The largest absolute Gasteiger partial charge is 0.497 e. The van der Waals surface area contributed by atoms with Gasteiger partial charge in [0.2, 0.25) is 5.91 Å². The maximum Gasteiger partial charge on any atom is 0.251 e. The van der Waals surface area contributed by atoms with Crippen LogP contribution in [-0.4, -0.2) is 35.2 Å². The molecule has 150 valence electrons. The molecule has 9 heteroatoms. The van der Waals surface area contributed by atoms with E-state index < -0.39 is 0 Å². The first-order valence-corrected chi connectivity index (χ1v) is 9.40. The van der Waals surface area contributed by atoms with Crippen molar-refractivity contribution >= 4 is 40.8 Å². The molecule has 0 saturated heterocycles. The molecule has 2 aromatic carbocycles. The standard InChI is InChI=1S/C20H18Cl2N4O3/c1-29-15-6-2-4-13(10-15)20(28)23-11-18(27)25-17-8-9-24-26(17)12-14-5-3-7-16(21)19(14)22/h2-10H,11-12H2,1H3,(H,23,28)(H,25,27). The molecular weight excluding hydrogens is 415 g/mol. The van der Waals surface area contributed by atoms with Gasteiger partial charge in [-0.3, -0.25) is 9.59 Å². The SMILES string of the molecule is COc1cccc(C(=O)NCC(=O)Nc2ccnn2Cc2cccc(Cl)c2Cl)c1. The van der Waals surface area contributed by atoms with Crippen molar-refractivity contribution in [3.63, 3.8) is 0 Å². The molecule has 0 radical (unpaired) electrons. The molecule has 7 nitrogen and oxygen atoms in total. The Balaban J connectivity index is 1.59. The number of hydrogen-bond acceptors (Lipinski definition) is 4. The van der Waals surface area contributed by atoms with Gasteiger partial charge in [0.15, 0.2) is 0 Å². The van der Waals surface area contributed by atoms with Crippen LogP contribution in [-0.2, 0) is 11.3 Å². The highest BCUT2D eigenvalue weighted by Gasteiger charge is 2.12. The highest BCUT2D eigenvalue weighted by Crippen LogP contribution is 2.26. The minimum atomic E-state index is -0.389. The predicted molar refractivity (Wildman–Crippen MR) is 112 cm³/mol. The Labute approximate surface area is 177 Å². The first-order valence-electron chi connectivity index (χ1n) is 8.64. The maximum absolute atomic E-state index is 12.3. The molecule has 0 spiro atoms. The Kier molecular flexibility index (Phi) is 6.74. The van der Waals surface area contributed by atoms with E-state index in [0.29, 0.717) is 33.7 Å². The van der Waals surface area contributed by atoms with Crippen LogP contribution < -0.4 is 15.4 Å². The summed E-state index contributed by atoms with van der Waals surface area (Å²) in [6.45, 7) is 0.136. The molecule has 3 aromatic rings. The van der Waals surface area contributed by atoms with Crippen LogP contribution in [0.5, 0.6) is 5.75 Å². The summed E-state index contributed by atoms with van der Waals surface area (Å²) in [6, 6.07) is 13.6. The Hall–Kier alpha value is -3.03. The van der Waals surface area contributed by atoms with Gasteiger partial charge < -0.3 is 15.4 Å². The Morgan fingerprint density at radius 3 is 2.72 bits per heavy atom. The van der Waals surface area contributed by atoms with Crippen molar-refractivity contribution in [3.05, 3.63) is 75.9 Å². The van der Waals surface area contributed by atoms with Crippen molar-refractivity contribution in [1.29, 1.82) is 0 Å². The number of halogens is 2. The summed E-state index contributed by atoms with van der Waals surface area (Å²) in [5.41, 5.74) is 1.17. The van der Waals surface area contributed by atoms with Crippen LogP contribution >= 0.6 is 23.2 Å². The van der Waals surface area contributed by atoms with Crippen molar-refractivity contribution in [1.82, 2.24) is 15.1 Å². The second-order valence-corrected chi connectivity index (χ2v) is 6.84. The third-order valence-corrected chi connectivity index (χ3v) is 4.94. The van der Waals surface area contributed by atoms with E-state index in [9.17, 15) is 9.59 Å². The molecule has 0 fully saturated rings. The number of aromatic nitrogens is 2. The Morgan fingerprint density at radius 2 is 1.93 bits per heavy atom. The van der Waals surface area contributed by atoms with Crippen LogP contribution in [0.2, 0.25) is 10.0 Å². The molecule has 2 amide bonds. The molecule has 1 aromatic heterocycles. The molecule has 0 aliphatic heterocycles. The summed E-state index contributed by atoms with van der Waals surface area (Å²) in [4.78, 5) is 24.5. The molecule has 0 aliphatic carbocycles. The summed E-state index contributed by atoms with van der Waals surface area (Å²) >= 11 is 12.3. The van der Waals surface area contributed by atoms with E-state index in [-0.39, 0.29) is 18.4 Å². The first-order chi connectivity index (χ1) is 14.0. The molecule has 0 atom stereocenters. The maximum atomic E-state index is 12.3. The fourth-order valence-electron chi connectivity index (χ4n) is 2.61. The second-order valence-electron chi connectivity index (χ2n) is 6.05. The van der Waals surface area contributed by atoms with Crippen molar-refractivity contribution in [3.8, 4) is 5.75 Å². The van der Waals surface area contributed by atoms with E-state index in [1.165, 1.54) is 7.11 Å². The van der Waals surface area contributed by atoms with E-state index in [1.807, 2.05) is 6.07 Å². The number of ether oxygens (including phenoxy) is 1. The predicted octanol–water partition coefficient (Wildman–Crippen LogP) is 3.62. The summed E-state index contributed by atoms with van der Waals surface area (Å²) in [7, 11) is 1.52. The number of nitrogens with one attached hydrogen (secondary N) is 2. The van der Waals surface area contributed by atoms with Gasteiger partial charge in [-0.1, -0.05) is 41.4 Å². The lowest BCUT2D eigenvalue weighted by Crippen LogP contribution is -2.33. The van der Waals surface area contributed by atoms with Crippen molar-refractivity contribution in [2.75, 3.05) is 19.0 Å². The minimum Gasteiger partial charge on any atom is -0.497 e. The summed E-state index contributed by atoms with van der Waals surface area (Å²) in [6.07, 6.45) is 1.56. The van der Waals surface area contributed by atoms with Gasteiger partial charge in [-0.25, -0.2) is 4.68 Å². The number of rotatable bonds is 7. The average Bonchev–Trinajstić information content (AvgIpc) is 3.16. The second kappa shape index (κ2) is 9.45. The van der Waals surface area contributed by atoms with Crippen LogP contribution in [0, 0.1) is 0 Å². The number of benzene rings is 2. The summed E-state index contributed by atoms with van der Waals surface area (Å²) in [5, 5.41) is 10.4. The van der Waals surface area contributed by atoms with Crippen LogP contribution in [0.4, 0.5) is 5.82 Å². The molecule has 29 heavy (non-hydrogen) atoms. The van der Waals surface area contributed by atoms with Crippen LogP contribution in [0.15, 0.2) is 54.7 Å². The van der Waals surface area contributed by atoms with E-state index in [2.05, 4.69) is 15.7 Å². The topological polar surface area (TPSA) is 85.2 Å². The molecule has 0 saturated carbocycles. The number of methoxy groups -OCH3 is 1. The van der Waals surface area contributed by atoms with Gasteiger partial charge in [-0.15, -0.1) is 0 Å². The third-order valence-electron chi connectivity index (χ3n) is 4.08. The normalized spacial score (nSPS) is 10.4. The van der Waals surface area contributed by atoms with E-state index in [4.69, 9.17) is 27.9 Å². The molecule has 3 rings (SSSR count). The lowest BCUT2D eigenvalue weighted by Gasteiger charge is -2.11. The Morgan fingerprint density at radius 1 is 1.14 bits per heavy atom. The van der Waals surface area contributed by atoms with E-state index >= 15 is 0 Å². The first kappa shape index (κ1) is 20.7. The number of nitrogens with zero attached hydrogens (tertiary/aromatic N) is 2. The highest BCUT2D eigenvalue weighted by atomic mass is 35.5. The van der Waals surface area contributed by atoms with Gasteiger partial charge in [0.25, 0.3) is 5.91 Å². The van der Waals surface area contributed by atoms with Gasteiger partial charge in [0.05, 0.1) is 36.4 Å². The van der Waals surface area contributed by atoms with Crippen LogP contribution in [0.25, 0.3) is 0 Å². The fraction of sp³-hybridized carbons (Fsp3) is 0.150. The lowest BCUT2D eigenvalue weighted by atomic mass is 10.2. The molecule has 2 N–H and O–H groups in total. The monoisotopic (exact) mass is 432 g/mol. The number of carbonyl (C=O) groups is 2. The van der Waals surface area contributed by atoms with Gasteiger partial charge in [-0.05, 0) is 29.8 Å². The smallest absolute Gasteiger partial charge is 0.251 e. The zero-order chi connectivity index (χ0) is 20.8. The quantitative estimate of drug-likeness (QED) is 0.596. The zero-order valence-corrected chi connectivity index (χ0v) is 17.0. The Bertz CT molecular complexity index is 1040. The van der Waals surface area contributed by atoms with Gasteiger partial charge in [0, 0.05) is 11.6 Å². The minimum absolute atomic E-state index is 0.195. The average molecular weight is 433 g/mol. The molecule has 0 aliphatic rings. The van der Waals surface area contributed by atoms with Gasteiger partial charge in [0.1, 0.15) is 11.6 Å². The van der Waals surface area contributed by atoms with E-state index in [1.54, 1.807) is 53.3 Å². The van der Waals surface area contributed by atoms with Crippen LogP contribution in [0.3, 0.4) is 0 Å². The number of amides is 2.